The van der Waals surface area contributed by atoms with Gasteiger partial charge in [-0.05, 0) is 38.5 Å². The van der Waals surface area contributed by atoms with Crippen LogP contribution in [-0.4, -0.2) is 38.5 Å². The van der Waals surface area contributed by atoms with Gasteiger partial charge in [0.1, 0.15) is 11.7 Å². The number of methoxy groups -OCH3 is 2. The van der Waals surface area contributed by atoms with E-state index in [1.807, 2.05) is 31.2 Å². The molecule has 0 saturated heterocycles. The van der Waals surface area contributed by atoms with E-state index in [0.29, 0.717) is 23.6 Å². The third-order valence-electron chi connectivity index (χ3n) is 4.24. The van der Waals surface area contributed by atoms with Crippen molar-refractivity contribution in [3.8, 4) is 5.75 Å². The number of hydrogen-bond donors (Lipinski definition) is 0. The molecule has 25 heavy (non-hydrogen) atoms. The van der Waals surface area contributed by atoms with Gasteiger partial charge in [0.2, 0.25) is 0 Å². The molecule has 0 fully saturated rings. The molecule has 0 saturated carbocycles. The van der Waals surface area contributed by atoms with Gasteiger partial charge in [-0.25, -0.2) is 4.79 Å². The lowest BCUT2D eigenvalue weighted by molar-refractivity contribution is -0.143. The Kier molecular flexibility index (Phi) is 5.96. The minimum Gasteiger partial charge on any atom is -0.494 e. The molecule has 1 aliphatic heterocycles. The van der Waals surface area contributed by atoms with E-state index in [9.17, 15) is 9.59 Å². The summed E-state index contributed by atoms with van der Waals surface area (Å²) < 4.78 is 15.3. The van der Waals surface area contributed by atoms with Crippen molar-refractivity contribution in [3.63, 3.8) is 0 Å². The summed E-state index contributed by atoms with van der Waals surface area (Å²) in [5.41, 5.74) is 2.32. The first-order valence-corrected chi connectivity index (χ1v) is 8.09. The Bertz CT molecular complexity index is 718. The average molecular weight is 345 g/mol. The van der Waals surface area contributed by atoms with E-state index in [1.54, 1.807) is 13.8 Å². The van der Waals surface area contributed by atoms with Crippen LogP contribution in [0.4, 0.5) is 0 Å². The average Bonchev–Trinajstić information content (AvgIpc) is 2.61. The molecule has 0 spiro atoms. The van der Waals surface area contributed by atoms with Crippen LogP contribution in [0.5, 0.6) is 5.75 Å². The van der Waals surface area contributed by atoms with Crippen LogP contribution < -0.4 is 4.74 Å². The van der Waals surface area contributed by atoms with Crippen LogP contribution in [0.1, 0.15) is 32.3 Å². The molecule has 0 bridgehead atoms. The van der Waals surface area contributed by atoms with Crippen molar-refractivity contribution in [2.45, 2.75) is 26.7 Å². The predicted octanol–water partition coefficient (Wildman–Crippen LogP) is 2.88. The van der Waals surface area contributed by atoms with Crippen molar-refractivity contribution in [1.29, 1.82) is 0 Å². The third-order valence-corrected chi connectivity index (χ3v) is 4.24. The molecule has 0 amide bonds. The molecule has 0 unspecified atom stereocenters. The number of benzene rings is 1. The Labute approximate surface area is 147 Å². The molecular weight excluding hydrogens is 322 g/mol. The monoisotopic (exact) mass is 345 g/mol. The molecule has 1 heterocycles. The fourth-order valence-corrected chi connectivity index (χ4v) is 3.14. The molecular formula is C19H23NO5. The predicted molar refractivity (Wildman–Crippen MR) is 93.7 cm³/mol. The second-order valence-electron chi connectivity index (χ2n) is 5.72. The molecule has 1 aromatic rings. The van der Waals surface area contributed by atoms with Gasteiger partial charge in [0.15, 0.2) is 0 Å². The summed E-state index contributed by atoms with van der Waals surface area (Å²) in [6.07, 6.45) is 0. The second kappa shape index (κ2) is 7.96. The number of allylic oxidation sites excluding steroid dienone is 1. The quantitative estimate of drug-likeness (QED) is 0.767. The summed E-state index contributed by atoms with van der Waals surface area (Å²) in [6, 6.07) is 7.33. The van der Waals surface area contributed by atoms with E-state index in [-0.39, 0.29) is 0 Å². The summed E-state index contributed by atoms with van der Waals surface area (Å²) in [5.74, 6) is -1.41. The number of aliphatic imine (C=N–C) groups is 1. The van der Waals surface area contributed by atoms with Crippen molar-refractivity contribution in [3.05, 3.63) is 41.1 Å². The molecule has 134 valence electrons. The zero-order valence-corrected chi connectivity index (χ0v) is 15.2. The van der Waals surface area contributed by atoms with Crippen LogP contribution in [0.15, 0.2) is 40.5 Å². The van der Waals surface area contributed by atoms with Crippen LogP contribution >= 0.6 is 0 Å². The zero-order valence-electron chi connectivity index (χ0n) is 15.2. The largest absolute Gasteiger partial charge is 0.494 e. The number of nitrogens with zero attached hydrogens (tertiary/aromatic N) is 1. The van der Waals surface area contributed by atoms with Crippen molar-refractivity contribution in [2.75, 3.05) is 20.8 Å². The number of rotatable bonds is 5. The number of hydrogen-bond acceptors (Lipinski definition) is 6. The number of ether oxygens (including phenoxy) is 3. The lowest BCUT2D eigenvalue weighted by Gasteiger charge is -2.31. The van der Waals surface area contributed by atoms with E-state index in [4.69, 9.17) is 14.2 Å². The minimum absolute atomic E-state index is 0.368. The van der Waals surface area contributed by atoms with Gasteiger partial charge in [-0.3, -0.25) is 9.79 Å². The molecule has 0 aliphatic carbocycles. The lowest BCUT2D eigenvalue weighted by atomic mass is 9.75. The van der Waals surface area contributed by atoms with Crippen molar-refractivity contribution in [2.24, 2.45) is 10.9 Å². The summed E-state index contributed by atoms with van der Waals surface area (Å²) in [5, 5.41) is 0. The molecule has 0 radical (unpaired) electrons. The third kappa shape index (κ3) is 3.73. The summed E-state index contributed by atoms with van der Waals surface area (Å²) in [4.78, 5) is 29.1. The van der Waals surface area contributed by atoms with Gasteiger partial charge in [0.05, 0.1) is 26.4 Å². The summed E-state index contributed by atoms with van der Waals surface area (Å²) >= 11 is 0. The maximum Gasteiger partial charge on any atom is 0.336 e. The summed E-state index contributed by atoms with van der Waals surface area (Å²) in [7, 11) is 2.64. The van der Waals surface area contributed by atoms with Gasteiger partial charge in [-0.15, -0.1) is 0 Å². The highest BCUT2D eigenvalue weighted by molar-refractivity contribution is 6.06. The number of carbonyl (C=O) groups is 2. The topological polar surface area (TPSA) is 74.2 Å². The van der Waals surface area contributed by atoms with Crippen LogP contribution in [-0.2, 0) is 19.1 Å². The van der Waals surface area contributed by atoms with E-state index < -0.39 is 23.8 Å². The standard InChI is InChI=1S/C19H23NO5/c1-6-25-14-9-7-13(8-10-14)17-15(18(21)23-4)11(2)20-12(3)16(17)19(22)24-5/h7-10,15,17H,6H2,1-5H3/t15-,17-/m0/s1. The maximum absolute atomic E-state index is 12.4. The molecule has 2 atom stereocenters. The number of carbonyl (C=O) groups excluding carboxylic acids is 2. The fourth-order valence-electron chi connectivity index (χ4n) is 3.14. The van der Waals surface area contributed by atoms with Crippen molar-refractivity contribution < 1.29 is 23.8 Å². The van der Waals surface area contributed by atoms with Crippen LogP contribution in [0.3, 0.4) is 0 Å². The highest BCUT2D eigenvalue weighted by atomic mass is 16.5. The Morgan fingerprint density at radius 3 is 2.24 bits per heavy atom. The molecule has 6 heteroatoms. The molecule has 0 aromatic heterocycles. The van der Waals surface area contributed by atoms with E-state index >= 15 is 0 Å². The van der Waals surface area contributed by atoms with Gasteiger partial charge in [0, 0.05) is 17.3 Å². The highest BCUT2D eigenvalue weighted by Crippen LogP contribution is 2.40. The van der Waals surface area contributed by atoms with E-state index in [0.717, 1.165) is 11.3 Å². The fraction of sp³-hybridized carbons (Fsp3) is 0.421. The van der Waals surface area contributed by atoms with E-state index in [1.165, 1.54) is 14.2 Å². The highest BCUT2D eigenvalue weighted by Gasteiger charge is 2.41. The first-order valence-electron chi connectivity index (χ1n) is 8.09. The first-order chi connectivity index (χ1) is 11.9. The zero-order chi connectivity index (χ0) is 18.6. The maximum atomic E-state index is 12.4. The molecule has 2 rings (SSSR count). The molecule has 0 N–H and O–H groups in total. The number of esters is 2. The Hall–Kier alpha value is -2.63. The molecule has 1 aromatic carbocycles. The second-order valence-corrected chi connectivity index (χ2v) is 5.72. The van der Waals surface area contributed by atoms with Crippen LogP contribution in [0.2, 0.25) is 0 Å². The Morgan fingerprint density at radius 1 is 1.08 bits per heavy atom. The summed E-state index contributed by atoms with van der Waals surface area (Å²) in [6.45, 7) is 5.97. The van der Waals surface area contributed by atoms with E-state index in [2.05, 4.69) is 4.99 Å². The first kappa shape index (κ1) is 18.7. The minimum atomic E-state index is -0.680. The Balaban J connectivity index is 2.57. The van der Waals surface area contributed by atoms with Crippen LogP contribution in [0.25, 0.3) is 0 Å². The van der Waals surface area contributed by atoms with Crippen molar-refractivity contribution >= 4 is 17.7 Å². The van der Waals surface area contributed by atoms with Gasteiger partial charge in [-0.2, -0.15) is 0 Å². The lowest BCUT2D eigenvalue weighted by Crippen LogP contribution is -2.36. The van der Waals surface area contributed by atoms with Gasteiger partial charge < -0.3 is 14.2 Å². The van der Waals surface area contributed by atoms with Gasteiger partial charge in [-0.1, -0.05) is 12.1 Å². The Morgan fingerprint density at radius 2 is 1.72 bits per heavy atom. The van der Waals surface area contributed by atoms with Gasteiger partial charge in [0.25, 0.3) is 0 Å². The molecule has 1 aliphatic rings. The van der Waals surface area contributed by atoms with Gasteiger partial charge >= 0.3 is 11.9 Å². The normalized spacial score (nSPS) is 20.0. The van der Waals surface area contributed by atoms with Crippen molar-refractivity contribution in [1.82, 2.24) is 0 Å². The van der Waals surface area contributed by atoms with Crippen LogP contribution in [0, 0.1) is 5.92 Å². The SMILES string of the molecule is CCOc1ccc([C@@H]2C(C(=O)OC)=C(C)N=C(C)[C@@H]2C(=O)OC)cc1. The molecule has 6 nitrogen and oxygen atoms in total. The smallest absolute Gasteiger partial charge is 0.336 e.